The number of amides is 2. The van der Waals surface area contributed by atoms with Gasteiger partial charge < -0.3 is 4.74 Å². The van der Waals surface area contributed by atoms with Crippen molar-refractivity contribution in [2.24, 2.45) is 0 Å². The zero-order valence-corrected chi connectivity index (χ0v) is 15.3. The molecular weight excluding hydrogens is 441 g/mol. The first kappa shape index (κ1) is 18.6. The van der Waals surface area contributed by atoms with Crippen molar-refractivity contribution < 1.29 is 19.2 Å². The van der Waals surface area contributed by atoms with Crippen LogP contribution in [0.15, 0.2) is 42.5 Å². The molecule has 0 radical (unpaired) electrons. The van der Waals surface area contributed by atoms with Crippen molar-refractivity contribution in [2.45, 2.75) is 6.92 Å². The van der Waals surface area contributed by atoms with Gasteiger partial charge in [0.25, 0.3) is 17.5 Å². The summed E-state index contributed by atoms with van der Waals surface area (Å²) in [7, 11) is 0. The van der Waals surface area contributed by atoms with Gasteiger partial charge in [0, 0.05) is 21.3 Å². The largest absolute Gasteiger partial charge is 0.494 e. The lowest BCUT2D eigenvalue weighted by Gasteiger charge is -2.09. The molecule has 0 unspecified atom stereocenters. The summed E-state index contributed by atoms with van der Waals surface area (Å²) in [4.78, 5) is 34.4. The van der Waals surface area contributed by atoms with Crippen molar-refractivity contribution in [1.82, 2.24) is 10.9 Å². The summed E-state index contributed by atoms with van der Waals surface area (Å²) in [6.07, 6.45) is 0. The molecule has 0 saturated heterocycles. The van der Waals surface area contributed by atoms with E-state index in [1.807, 2.05) is 29.5 Å². The number of hydrazine groups is 1. The molecular formula is C16H14IN3O5. The minimum absolute atomic E-state index is 0.0989. The number of benzene rings is 2. The Kier molecular flexibility index (Phi) is 6.28. The summed E-state index contributed by atoms with van der Waals surface area (Å²) in [5.74, 6) is -0.529. The number of carbonyl (C=O) groups excluding carboxylic acids is 2. The molecule has 0 heterocycles. The highest BCUT2D eigenvalue weighted by Crippen LogP contribution is 2.19. The first-order chi connectivity index (χ1) is 11.9. The molecule has 2 amide bonds. The number of nitrogens with zero attached hydrogens (tertiary/aromatic N) is 1. The van der Waals surface area contributed by atoms with Gasteiger partial charge in [-0.25, -0.2) is 0 Å². The van der Waals surface area contributed by atoms with Crippen LogP contribution < -0.4 is 15.6 Å². The molecule has 2 aromatic carbocycles. The predicted octanol–water partition coefficient (Wildman–Crippen LogP) is 2.67. The van der Waals surface area contributed by atoms with Crippen molar-refractivity contribution in [2.75, 3.05) is 6.61 Å². The number of rotatable bonds is 5. The van der Waals surface area contributed by atoms with Gasteiger partial charge in [0.15, 0.2) is 0 Å². The van der Waals surface area contributed by atoms with E-state index >= 15 is 0 Å². The molecule has 0 aliphatic heterocycles. The summed E-state index contributed by atoms with van der Waals surface area (Å²) in [6, 6.07) is 10.3. The minimum Gasteiger partial charge on any atom is -0.494 e. The number of nitro groups is 1. The Morgan fingerprint density at radius 1 is 1.12 bits per heavy atom. The van der Waals surface area contributed by atoms with E-state index in [1.165, 1.54) is 12.1 Å². The molecule has 0 aliphatic carbocycles. The van der Waals surface area contributed by atoms with Crippen LogP contribution in [0, 0.1) is 13.7 Å². The first-order valence-corrected chi connectivity index (χ1v) is 8.27. The van der Waals surface area contributed by atoms with Crippen LogP contribution in [-0.2, 0) is 0 Å². The van der Waals surface area contributed by atoms with Crippen molar-refractivity contribution in [3.05, 3.63) is 67.3 Å². The quantitative estimate of drug-likeness (QED) is 0.409. The van der Waals surface area contributed by atoms with Gasteiger partial charge in [-0.05, 0) is 59.8 Å². The van der Waals surface area contributed by atoms with Gasteiger partial charge in [0.2, 0.25) is 0 Å². The Morgan fingerprint density at radius 2 is 1.76 bits per heavy atom. The van der Waals surface area contributed by atoms with Gasteiger partial charge >= 0.3 is 0 Å². The maximum absolute atomic E-state index is 12.1. The Labute approximate surface area is 156 Å². The second kappa shape index (κ2) is 8.42. The normalized spacial score (nSPS) is 10.0. The van der Waals surface area contributed by atoms with Gasteiger partial charge in [-0.2, -0.15) is 0 Å². The zero-order valence-electron chi connectivity index (χ0n) is 13.1. The lowest BCUT2D eigenvalue weighted by Crippen LogP contribution is -2.41. The predicted molar refractivity (Wildman–Crippen MR) is 98.4 cm³/mol. The van der Waals surface area contributed by atoms with E-state index in [0.717, 1.165) is 6.07 Å². The molecule has 8 nitrogen and oxygen atoms in total. The number of non-ortho nitro benzene ring substituents is 1. The molecule has 0 bridgehead atoms. The monoisotopic (exact) mass is 455 g/mol. The maximum Gasteiger partial charge on any atom is 0.271 e. The molecule has 2 rings (SSSR count). The standard InChI is InChI=1S/C16H14IN3O5/c1-2-25-12-6-3-10(4-7-12)15(21)18-19-16(22)13-9-11(20(23)24)5-8-14(13)17/h3-9H,2H2,1H3,(H,18,21)(H,19,22). The first-order valence-electron chi connectivity index (χ1n) is 7.20. The number of hydrogen-bond donors (Lipinski definition) is 2. The summed E-state index contributed by atoms with van der Waals surface area (Å²) in [5, 5.41) is 10.8. The van der Waals surface area contributed by atoms with Crippen molar-refractivity contribution in [3.63, 3.8) is 0 Å². The number of hydrogen-bond acceptors (Lipinski definition) is 5. The average Bonchev–Trinajstić information content (AvgIpc) is 2.60. The van der Waals surface area contributed by atoms with E-state index in [4.69, 9.17) is 4.74 Å². The number of nitro benzene ring substituents is 1. The smallest absolute Gasteiger partial charge is 0.271 e. The maximum atomic E-state index is 12.1. The van der Waals surface area contributed by atoms with E-state index in [1.54, 1.807) is 24.3 Å². The third-order valence-corrected chi connectivity index (χ3v) is 4.06. The lowest BCUT2D eigenvalue weighted by molar-refractivity contribution is -0.384. The fourth-order valence-corrected chi connectivity index (χ4v) is 2.50. The summed E-state index contributed by atoms with van der Waals surface area (Å²) >= 11 is 1.89. The van der Waals surface area contributed by atoms with E-state index in [2.05, 4.69) is 10.9 Å². The van der Waals surface area contributed by atoms with E-state index in [9.17, 15) is 19.7 Å². The highest BCUT2D eigenvalue weighted by molar-refractivity contribution is 14.1. The molecule has 25 heavy (non-hydrogen) atoms. The molecule has 2 N–H and O–H groups in total. The van der Waals surface area contributed by atoms with E-state index < -0.39 is 16.7 Å². The highest BCUT2D eigenvalue weighted by Gasteiger charge is 2.16. The van der Waals surface area contributed by atoms with Crippen LogP contribution in [0.2, 0.25) is 0 Å². The van der Waals surface area contributed by atoms with Gasteiger partial charge in [-0.15, -0.1) is 0 Å². The van der Waals surface area contributed by atoms with Crippen molar-refractivity contribution >= 4 is 40.1 Å². The summed E-state index contributed by atoms with van der Waals surface area (Å²) in [5.41, 5.74) is 4.74. The molecule has 0 aromatic heterocycles. The molecule has 0 saturated carbocycles. The van der Waals surface area contributed by atoms with Crippen LogP contribution in [-0.4, -0.2) is 23.3 Å². The van der Waals surface area contributed by atoms with Crippen LogP contribution in [0.1, 0.15) is 27.6 Å². The third kappa shape index (κ3) is 4.89. The fraction of sp³-hybridized carbons (Fsp3) is 0.125. The SMILES string of the molecule is CCOc1ccc(C(=O)NNC(=O)c2cc([N+](=O)[O-])ccc2I)cc1. The molecule has 0 spiro atoms. The number of halogens is 1. The molecule has 9 heteroatoms. The zero-order chi connectivity index (χ0) is 18.4. The van der Waals surface area contributed by atoms with Crippen LogP contribution in [0.4, 0.5) is 5.69 Å². The van der Waals surface area contributed by atoms with E-state index in [0.29, 0.717) is 21.5 Å². The topological polar surface area (TPSA) is 111 Å². The fourth-order valence-electron chi connectivity index (χ4n) is 1.92. The summed E-state index contributed by atoms with van der Waals surface area (Å²) in [6.45, 7) is 2.37. The van der Waals surface area contributed by atoms with E-state index in [-0.39, 0.29) is 11.3 Å². The second-order valence-corrected chi connectivity index (χ2v) is 5.95. The Hall–Kier alpha value is -2.69. The van der Waals surface area contributed by atoms with Crippen molar-refractivity contribution in [1.29, 1.82) is 0 Å². The number of carbonyl (C=O) groups is 2. The average molecular weight is 455 g/mol. The minimum atomic E-state index is -0.646. The van der Waals surface area contributed by atoms with Gasteiger partial charge in [0.1, 0.15) is 5.75 Å². The van der Waals surface area contributed by atoms with Gasteiger partial charge in [0.05, 0.1) is 17.1 Å². The third-order valence-electron chi connectivity index (χ3n) is 3.12. The van der Waals surface area contributed by atoms with Crippen LogP contribution in [0.5, 0.6) is 5.75 Å². The molecule has 0 atom stereocenters. The van der Waals surface area contributed by atoms with Crippen LogP contribution in [0.25, 0.3) is 0 Å². The molecule has 2 aromatic rings. The highest BCUT2D eigenvalue weighted by atomic mass is 127. The van der Waals surface area contributed by atoms with Crippen LogP contribution >= 0.6 is 22.6 Å². The summed E-state index contributed by atoms with van der Waals surface area (Å²) < 4.78 is 5.81. The van der Waals surface area contributed by atoms with Crippen LogP contribution in [0.3, 0.4) is 0 Å². The molecule has 0 fully saturated rings. The lowest BCUT2D eigenvalue weighted by atomic mass is 10.2. The Morgan fingerprint density at radius 3 is 2.36 bits per heavy atom. The Bertz CT molecular complexity index is 808. The number of ether oxygens (including phenoxy) is 1. The Balaban J connectivity index is 2.03. The molecule has 0 aliphatic rings. The van der Waals surface area contributed by atoms with Gasteiger partial charge in [-0.3, -0.25) is 30.6 Å². The second-order valence-electron chi connectivity index (χ2n) is 4.79. The number of nitrogens with one attached hydrogen (secondary N) is 2. The van der Waals surface area contributed by atoms with Gasteiger partial charge in [-0.1, -0.05) is 0 Å². The van der Waals surface area contributed by atoms with Crippen molar-refractivity contribution in [3.8, 4) is 5.75 Å². The molecule has 130 valence electrons.